The van der Waals surface area contributed by atoms with E-state index in [1.165, 1.54) is 19.5 Å². The fraction of sp³-hybridized carbons (Fsp3) is 0.812. The molecule has 0 saturated carbocycles. The molecule has 21 heavy (non-hydrogen) atoms. The summed E-state index contributed by atoms with van der Waals surface area (Å²) in [6, 6.07) is 1.10. The van der Waals surface area contributed by atoms with Crippen molar-refractivity contribution in [1.29, 1.82) is 0 Å². The smallest absolute Gasteiger partial charge is 0.205 e. The Kier molecular flexibility index (Phi) is 4.50. The largest absolute Gasteiger partial charge is 0.341 e. The van der Waals surface area contributed by atoms with E-state index in [9.17, 15) is 0 Å². The number of piperidine rings is 1. The Balaban J connectivity index is 1.60. The van der Waals surface area contributed by atoms with E-state index in [-0.39, 0.29) is 0 Å². The van der Waals surface area contributed by atoms with E-state index in [1.54, 1.807) is 0 Å². The van der Waals surface area contributed by atoms with Gasteiger partial charge in [0.25, 0.3) is 0 Å². The average molecular weight is 291 g/mol. The van der Waals surface area contributed by atoms with E-state index in [0.717, 1.165) is 38.4 Å². The van der Waals surface area contributed by atoms with Gasteiger partial charge in [0.2, 0.25) is 5.95 Å². The van der Waals surface area contributed by atoms with Crippen molar-refractivity contribution >= 4 is 5.95 Å². The molecule has 118 valence electrons. The quantitative estimate of drug-likeness (QED) is 0.914. The lowest BCUT2D eigenvalue weighted by Gasteiger charge is -2.34. The molecule has 3 heterocycles. The summed E-state index contributed by atoms with van der Waals surface area (Å²) in [7, 11) is 0. The Bertz CT molecular complexity index is 447. The molecule has 0 aliphatic carbocycles. The zero-order valence-corrected chi connectivity index (χ0v) is 13.4. The SMILES string of the molecule is CC(C)Cn1ccnc1N1CCC(N2CCC(N)CC2)C1. The van der Waals surface area contributed by atoms with Crippen LogP contribution in [0.2, 0.25) is 0 Å². The van der Waals surface area contributed by atoms with Crippen molar-refractivity contribution < 1.29 is 0 Å². The molecule has 1 aromatic rings. The summed E-state index contributed by atoms with van der Waals surface area (Å²) in [6.07, 6.45) is 7.61. The Hall–Kier alpha value is -1.07. The molecule has 5 nitrogen and oxygen atoms in total. The van der Waals surface area contributed by atoms with E-state index in [2.05, 4.69) is 39.4 Å². The third kappa shape index (κ3) is 3.40. The third-order valence-corrected chi connectivity index (χ3v) is 4.79. The summed E-state index contributed by atoms with van der Waals surface area (Å²) in [5, 5.41) is 0. The number of likely N-dealkylation sites (tertiary alicyclic amines) is 1. The van der Waals surface area contributed by atoms with Crippen LogP contribution in [0.4, 0.5) is 5.95 Å². The van der Waals surface area contributed by atoms with Gasteiger partial charge in [-0.05, 0) is 38.3 Å². The van der Waals surface area contributed by atoms with Crippen LogP contribution in [0, 0.1) is 5.92 Å². The van der Waals surface area contributed by atoms with Gasteiger partial charge in [0, 0.05) is 44.1 Å². The molecule has 2 aliphatic rings. The molecule has 0 aromatic carbocycles. The van der Waals surface area contributed by atoms with Crippen molar-refractivity contribution in [2.24, 2.45) is 11.7 Å². The molecule has 0 bridgehead atoms. The first-order valence-electron chi connectivity index (χ1n) is 8.39. The van der Waals surface area contributed by atoms with Crippen LogP contribution in [-0.4, -0.2) is 52.7 Å². The van der Waals surface area contributed by atoms with Gasteiger partial charge in [-0.1, -0.05) is 13.8 Å². The molecule has 0 amide bonds. The second-order valence-electron chi connectivity index (χ2n) is 7.04. The van der Waals surface area contributed by atoms with Crippen LogP contribution in [0.5, 0.6) is 0 Å². The monoisotopic (exact) mass is 291 g/mol. The standard InChI is InChI=1S/C16H29N5/c1-13(2)11-21-10-6-18-16(21)20-9-5-15(12-20)19-7-3-14(17)4-8-19/h6,10,13-15H,3-5,7-9,11-12,17H2,1-2H3. The zero-order valence-electron chi connectivity index (χ0n) is 13.4. The summed E-state index contributed by atoms with van der Waals surface area (Å²) in [5.41, 5.74) is 6.02. The average Bonchev–Trinajstić information content (AvgIpc) is 3.07. The van der Waals surface area contributed by atoms with Gasteiger partial charge in [0.1, 0.15) is 0 Å². The molecule has 2 aliphatic heterocycles. The maximum absolute atomic E-state index is 6.02. The van der Waals surface area contributed by atoms with Crippen LogP contribution >= 0.6 is 0 Å². The summed E-state index contributed by atoms with van der Waals surface area (Å²) in [6.45, 7) is 10.1. The lowest BCUT2D eigenvalue weighted by Crippen LogP contribution is -2.46. The summed E-state index contributed by atoms with van der Waals surface area (Å²) in [4.78, 5) is 9.69. The van der Waals surface area contributed by atoms with E-state index >= 15 is 0 Å². The van der Waals surface area contributed by atoms with Crippen molar-refractivity contribution in [1.82, 2.24) is 14.5 Å². The number of aromatic nitrogens is 2. The van der Waals surface area contributed by atoms with Crippen molar-refractivity contribution in [3.05, 3.63) is 12.4 Å². The van der Waals surface area contributed by atoms with E-state index in [1.807, 2.05) is 6.20 Å². The predicted molar refractivity (Wildman–Crippen MR) is 86.5 cm³/mol. The number of rotatable bonds is 4. The molecule has 2 N–H and O–H groups in total. The summed E-state index contributed by atoms with van der Waals surface area (Å²) < 4.78 is 2.30. The zero-order chi connectivity index (χ0) is 14.8. The molecule has 0 radical (unpaired) electrons. The predicted octanol–water partition coefficient (Wildman–Crippen LogP) is 1.54. The molecule has 1 unspecified atom stereocenters. The van der Waals surface area contributed by atoms with Gasteiger partial charge >= 0.3 is 0 Å². The fourth-order valence-electron chi connectivity index (χ4n) is 3.63. The van der Waals surface area contributed by atoms with Crippen molar-refractivity contribution in [2.45, 2.75) is 51.7 Å². The van der Waals surface area contributed by atoms with Crippen molar-refractivity contribution in [2.75, 3.05) is 31.1 Å². The molecular formula is C16H29N5. The van der Waals surface area contributed by atoms with Crippen molar-refractivity contribution in [3.8, 4) is 0 Å². The Morgan fingerprint density at radius 3 is 2.71 bits per heavy atom. The maximum atomic E-state index is 6.02. The second-order valence-corrected chi connectivity index (χ2v) is 7.04. The van der Waals surface area contributed by atoms with Gasteiger partial charge in [-0.25, -0.2) is 4.98 Å². The number of anilines is 1. The Labute approximate surface area is 128 Å². The highest BCUT2D eigenvalue weighted by Gasteiger charge is 2.31. The first-order chi connectivity index (χ1) is 10.1. The van der Waals surface area contributed by atoms with Gasteiger partial charge in [0.15, 0.2) is 0 Å². The minimum Gasteiger partial charge on any atom is -0.341 e. The van der Waals surface area contributed by atoms with E-state index in [0.29, 0.717) is 18.0 Å². The number of nitrogens with zero attached hydrogens (tertiary/aromatic N) is 4. The first kappa shape index (κ1) is 14.9. The third-order valence-electron chi connectivity index (χ3n) is 4.79. The van der Waals surface area contributed by atoms with E-state index in [4.69, 9.17) is 5.73 Å². The number of hydrogen-bond acceptors (Lipinski definition) is 4. The van der Waals surface area contributed by atoms with Gasteiger partial charge in [-0.15, -0.1) is 0 Å². The normalized spacial score (nSPS) is 25.1. The molecule has 5 heteroatoms. The Morgan fingerprint density at radius 1 is 1.24 bits per heavy atom. The highest BCUT2D eigenvalue weighted by Crippen LogP contribution is 2.24. The number of imidazole rings is 1. The lowest BCUT2D eigenvalue weighted by molar-refractivity contribution is 0.163. The van der Waals surface area contributed by atoms with Crippen LogP contribution in [0.15, 0.2) is 12.4 Å². The van der Waals surface area contributed by atoms with Crippen LogP contribution in [0.3, 0.4) is 0 Å². The maximum Gasteiger partial charge on any atom is 0.205 e. The van der Waals surface area contributed by atoms with Gasteiger partial charge in [-0.3, -0.25) is 4.90 Å². The Morgan fingerprint density at radius 2 is 2.00 bits per heavy atom. The first-order valence-corrected chi connectivity index (χ1v) is 8.39. The van der Waals surface area contributed by atoms with Crippen LogP contribution < -0.4 is 10.6 Å². The van der Waals surface area contributed by atoms with Gasteiger partial charge in [0.05, 0.1) is 0 Å². The molecule has 0 spiro atoms. The van der Waals surface area contributed by atoms with Crippen LogP contribution in [0.1, 0.15) is 33.1 Å². The molecule has 1 atom stereocenters. The number of nitrogens with two attached hydrogens (primary N) is 1. The molecule has 2 saturated heterocycles. The molecular weight excluding hydrogens is 262 g/mol. The van der Waals surface area contributed by atoms with Gasteiger partial charge < -0.3 is 15.2 Å². The fourth-order valence-corrected chi connectivity index (χ4v) is 3.63. The minimum absolute atomic E-state index is 0.420. The molecule has 1 aromatic heterocycles. The van der Waals surface area contributed by atoms with E-state index < -0.39 is 0 Å². The lowest BCUT2D eigenvalue weighted by atomic mass is 10.0. The molecule has 3 rings (SSSR count). The highest BCUT2D eigenvalue weighted by atomic mass is 15.3. The second kappa shape index (κ2) is 6.36. The van der Waals surface area contributed by atoms with Gasteiger partial charge in [-0.2, -0.15) is 0 Å². The molecule has 2 fully saturated rings. The number of hydrogen-bond donors (Lipinski definition) is 1. The van der Waals surface area contributed by atoms with Crippen LogP contribution in [-0.2, 0) is 6.54 Å². The minimum atomic E-state index is 0.420. The van der Waals surface area contributed by atoms with Crippen LogP contribution in [0.25, 0.3) is 0 Å². The van der Waals surface area contributed by atoms with Crippen molar-refractivity contribution in [3.63, 3.8) is 0 Å². The highest BCUT2D eigenvalue weighted by molar-refractivity contribution is 5.33. The topological polar surface area (TPSA) is 50.3 Å². The summed E-state index contributed by atoms with van der Waals surface area (Å²) >= 11 is 0. The summed E-state index contributed by atoms with van der Waals surface area (Å²) in [5.74, 6) is 1.81.